The van der Waals surface area contributed by atoms with E-state index in [9.17, 15) is 4.79 Å². The minimum absolute atomic E-state index is 0.233. The molecule has 0 saturated heterocycles. The van der Waals surface area contributed by atoms with Crippen LogP contribution in [0.5, 0.6) is 0 Å². The Hall–Kier alpha value is -3.05. The van der Waals surface area contributed by atoms with Crippen LogP contribution < -0.4 is 0 Å². The molecule has 5 heteroatoms. The van der Waals surface area contributed by atoms with E-state index in [-0.39, 0.29) is 6.61 Å². The van der Waals surface area contributed by atoms with Crippen molar-refractivity contribution in [1.82, 2.24) is 0 Å². The van der Waals surface area contributed by atoms with Gasteiger partial charge < -0.3 is 9.57 Å². The highest BCUT2D eigenvalue weighted by Crippen LogP contribution is 2.31. The molecule has 3 rings (SSSR count). The lowest BCUT2D eigenvalue weighted by molar-refractivity contribution is -0.160. The molecule has 3 aromatic carbocycles. The molecule has 0 aliphatic heterocycles. The van der Waals surface area contributed by atoms with Crippen molar-refractivity contribution in [2.75, 3.05) is 6.61 Å². The molecular formula is C26H27NO3S. The van der Waals surface area contributed by atoms with Crippen molar-refractivity contribution in [3.63, 3.8) is 0 Å². The molecule has 0 aliphatic rings. The summed E-state index contributed by atoms with van der Waals surface area (Å²) in [4.78, 5) is 19.7. The maximum Gasteiger partial charge on any atom is 0.347 e. The number of benzene rings is 3. The quantitative estimate of drug-likeness (QED) is 0.243. The molecule has 0 spiro atoms. The number of carbonyl (C=O) groups excluding carboxylic acids is 1. The van der Waals surface area contributed by atoms with Gasteiger partial charge in [0.1, 0.15) is 5.60 Å². The van der Waals surface area contributed by atoms with E-state index in [0.29, 0.717) is 6.42 Å². The number of nitrogens with zero attached hydrogens (tertiary/aromatic N) is 1. The third kappa shape index (κ3) is 7.61. The van der Waals surface area contributed by atoms with E-state index < -0.39 is 11.6 Å². The highest BCUT2D eigenvalue weighted by atomic mass is 32.2. The molecular weight excluding hydrogens is 406 g/mol. The van der Waals surface area contributed by atoms with Crippen molar-refractivity contribution in [2.45, 2.75) is 42.6 Å². The minimum atomic E-state index is -0.560. The monoisotopic (exact) mass is 433 g/mol. The summed E-state index contributed by atoms with van der Waals surface area (Å²) in [5.74, 6) is -0.442. The van der Waals surface area contributed by atoms with Gasteiger partial charge >= 0.3 is 5.97 Å². The number of rotatable bonds is 8. The average Bonchev–Trinajstić information content (AvgIpc) is 2.74. The van der Waals surface area contributed by atoms with Crippen molar-refractivity contribution in [3.05, 3.63) is 96.1 Å². The molecule has 0 atom stereocenters. The molecule has 0 aromatic heterocycles. The minimum Gasteiger partial charge on any atom is -0.457 e. The zero-order valence-electron chi connectivity index (χ0n) is 18.1. The molecule has 0 radical (unpaired) electrons. The molecule has 0 fully saturated rings. The van der Waals surface area contributed by atoms with Gasteiger partial charge in [-0.25, -0.2) is 4.79 Å². The lowest BCUT2D eigenvalue weighted by Gasteiger charge is -2.19. The Morgan fingerprint density at radius 3 is 2.16 bits per heavy atom. The Morgan fingerprint density at radius 1 is 0.871 bits per heavy atom. The van der Waals surface area contributed by atoms with E-state index in [4.69, 9.17) is 9.57 Å². The molecule has 160 valence electrons. The van der Waals surface area contributed by atoms with Crippen molar-refractivity contribution in [2.24, 2.45) is 5.16 Å². The first-order valence-corrected chi connectivity index (χ1v) is 11.0. The summed E-state index contributed by atoms with van der Waals surface area (Å²) in [6, 6.07) is 28.4. The Morgan fingerprint density at radius 2 is 1.48 bits per heavy atom. The first-order chi connectivity index (χ1) is 14.9. The Kier molecular flexibility index (Phi) is 7.90. The smallest absolute Gasteiger partial charge is 0.347 e. The van der Waals surface area contributed by atoms with Gasteiger partial charge in [0.2, 0.25) is 6.61 Å². The predicted molar refractivity (Wildman–Crippen MR) is 125 cm³/mol. The molecule has 0 aliphatic carbocycles. The summed E-state index contributed by atoms with van der Waals surface area (Å²) in [5.41, 5.74) is 2.29. The molecule has 4 nitrogen and oxygen atoms in total. The Bertz CT molecular complexity index is 1010. The van der Waals surface area contributed by atoms with Crippen molar-refractivity contribution >= 4 is 23.4 Å². The Balaban J connectivity index is 1.85. The van der Waals surface area contributed by atoms with Crippen LogP contribution in [0.2, 0.25) is 0 Å². The molecule has 3 aromatic rings. The van der Waals surface area contributed by atoms with E-state index in [0.717, 1.165) is 26.6 Å². The predicted octanol–water partition coefficient (Wildman–Crippen LogP) is 6.14. The molecule has 31 heavy (non-hydrogen) atoms. The number of ether oxygens (including phenoxy) is 1. The van der Waals surface area contributed by atoms with Gasteiger partial charge in [-0.05, 0) is 44.5 Å². The molecule has 0 bridgehead atoms. The largest absolute Gasteiger partial charge is 0.457 e. The zero-order chi connectivity index (χ0) is 22.1. The summed E-state index contributed by atoms with van der Waals surface area (Å²) in [6.07, 6.45) is 0.585. The van der Waals surface area contributed by atoms with E-state index in [1.165, 1.54) is 0 Å². The SMILES string of the molecule is CC(C)(C)OC(=O)CO/N=C(/Cc1ccccc1)c1ccccc1Sc1ccccc1. The third-order valence-electron chi connectivity index (χ3n) is 4.16. The zero-order valence-corrected chi connectivity index (χ0v) is 18.9. The van der Waals surface area contributed by atoms with E-state index in [2.05, 4.69) is 35.5 Å². The maximum absolute atomic E-state index is 12.0. The van der Waals surface area contributed by atoms with Crippen molar-refractivity contribution in [1.29, 1.82) is 0 Å². The first kappa shape index (κ1) is 22.6. The van der Waals surface area contributed by atoms with Gasteiger partial charge in [-0.1, -0.05) is 83.6 Å². The molecule has 0 N–H and O–H groups in total. The second kappa shape index (κ2) is 10.8. The normalized spacial score (nSPS) is 11.8. The fraction of sp³-hybridized carbons (Fsp3) is 0.231. The van der Waals surface area contributed by atoms with Gasteiger partial charge in [-0.3, -0.25) is 0 Å². The number of oxime groups is 1. The molecule has 0 heterocycles. The van der Waals surface area contributed by atoms with Gasteiger partial charge in [0, 0.05) is 21.8 Å². The van der Waals surface area contributed by atoms with Gasteiger partial charge in [-0.2, -0.15) is 0 Å². The van der Waals surface area contributed by atoms with E-state index in [1.54, 1.807) is 11.8 Å². The van der Waals surface area contributed by atoms with E-state index in [1.807, 2.05) is 75.4 Å². The summed E-state index contributed by atoms with van der Waals surface area (Å²) >= 11 is 1.67. The van der Waals surface area contributed by atoms with Crippen molar-refractivity contribution < 1.29 is 14.4 Å². The van der Waals surface area contributed by atoms with Crippen LogP contribution in [-0.4, -0.2) is 23.9 Å². The number of carbonyl (C=O) groups is 1. The van der Waals surface area contributed by atoms with Crippen LogP contribution >= 0.6 is 11.8 Å². The number of hydrogen-bond acceptors (Lipinski definition) is 5. The average molecular weight is 434 g/mol. The van der Waals surface area contributed by atoms with Crippen LogP contribution in [0.4, 0.5) is 0 Å². The van der Waals surface area contributed by atoms with Gasteiger partial charge in [-0.15, -0.1) is 0 Å². The van der Waals surface area contributed by atoms with Gasteiger partial charge in [0.05, 0.1) is 5.71 Å². The highest BCUT2D eigenvalue weighted by molar-refractivity contribution is 7.99. The van der Waals surface area contributed by atoms with Crippen LogP contribution in [0.25, 0.3) is 0 Å². The lowest BCUT2D eigenvalue weighted by atomic mass is 10.0. The first-order valence-electron chi connectivity index (χ1n) is 10.2. The van der Waals surface area contributed by atoms with E-state index >= 15 is 0 Å². The second-order valence-corrected chi connectivity index (χ2v) is 9.09. The fourth-order valence-electron chi connectivity index (χ4n) is 2.91. The molecule has 0 saturated carbocycles. The lowest BCUT2D eigenvalue weighted by Crippen LogP contribution is -2.26. The fourth-order valence-corrected chi connectivity index (χ4v) is 3.90. The molecule has 0 unspecified atom stereocenters. The number of esters is 1. The van der Waals surface area contributed by atoms with Crippen molar-refractivity contribution in [3.8, 4) is 0 Å². The number of hydrogen-bond donors (Lipinski definition) is 0. The topological polar surface area (TPSA) is 47.9 Å². The summed E-state index contributed by atoms with van der Waals surface area (Å²) in [6.45, 7) is 5.24. The maximum atomic E-state index is 12.0. The van der Waals surface area contributed by atoms with Crippen LogP contribution in [0.1, 0.15) is 31.9 Å². The van der Waals surface area contributed by atoms with Crippen LogP contribution in [0.15, 0.2) is 99.9 Å². The summed E-state index contributed by atoms with van der Waals surface area (Å²) < 4.78 is 5.31. The van der Waals surface area contributed by atoms with Gasteiger partial charge in [0.25, 0.3) is 0 Å². The Labute approximate surface area is 188 Å². The van der Waals surface area contributed by atoms with Gasteiger partial charge in [0.15, 0.2) is 0 Å². The summed E-state index contributed by atoms with van der Waals surface area (Å²) in [7, 11) is 0. The third-order valence-corrected chi connectivity index (χ3v) is 5.24. The molecule has 0 amide bonds. The van der Waals surface area contributed by atoms with Crippen LogP contribution in [0, 0.1) is 0 Å². The highest BCUT2D eigenvalue weighted by Gasteiger charge is 2.17. The van der Waals surface area contributed by atoms with Crippen LogP contribution in [0.3, 0.4) is 0 Å². The van der Waals surface area contributed by atoms with Crippen LogP contribution in [-0.2, 0) is 20.8 Å². The second-order valence-electron chi connectivity index (χ2n) is 7.97. The standard InChI is InChI=1S/C26H27NO3S/c1-26(2,3)30-25(28)19-29-27-23(18-20-12-6-4-7-13-20)22-16-10-11-17-24(22)31-21-14-8-5-9-15-21/h4-17H,18-19H2,1-3H3/b27-23-. The summed E-state index contributed by atoms with van der Waals surface area (Å²) in [5, 5.41) is 4.36.